The van der Waals surface area contributed by atoms with E-state index in [1.54, 1.807) is 15.2 Å². The van der Waals surface area contributed by atoms with Gasteiger partial charge in [-0.2, -0.15) is 0 Å². The zero-order valence-corrected chi connectivity index (χ0v) is 19.8. The van der Waals surface area contributed by atoms with E-state index >= 15 is 0 Å². The maximum Gasteiger partial charge on any atom is 0.270 e. The van der Waals surface area contributed by atoms with Crippen LogP contribution in [0, 0.1) is 0 Å². The highest BCUT2D eigenvalue weighted by Gasteiger charge is 2.27. The number of ether oxygens (including phenoxy) is 1. The van der Waals surface area contributed by atoms with E-state index in [4.69, 9.17) is 4.74 Å². The molecule has 9 nitrogen and oxygen atoms in total. The van der Waals surface area contributed by atoms with Gasteiger partial charge in [-0.3, -0.25) is 23.7 Å². The summed E-state index contributed by atoms with van der Waals surface area (Å²) in [4.78, 5) is 37.5. The number of hydrogen-bond donors (Lipinski definition) is 1. The van der Waals surface area contributed by atoms with Crippen LogP contribution in [0.25, 0.3) is 11.2 Å². The van der Waals surface area contributed by atoms with Gasteiger partial charge in [0.15, 0.2) is 5.75 Å². The Kier molecular flexibility index (Phi) is 5.88. The molecule has 3 aliphatic rings. The molecule has 0 amide bonds. The summed E-state index contributed by atoms with van der Waals surface area (Å²) in [6, 6.07) is 5.91. The first-order valence-corrected chi connectivity index (χ1v) is 13.0. The minimum absolute atomic E-state index is 0.0590. The molecular weight excluding hydrogens is 452 g/mol. The Balaban J connectivity index is 1.08. The fourth-order valence-corrected chi connectivity index (χ4v) is 6.16. The fraction of sp³-hybridized carbons (Fsp3) is 0.500. The standard InChI is InChI=1S/C24H28N6O3S/c31-22-2-1-19-24-29(22)8-5-18(30(24)23(32)14-27-19)15-28-6-3-16(4-7-28)25-12-17-11-21-20(13-26-17)33-9-10-34-21/h1-2,11,13-14,16,18,25H,3-10,12,15H2/t18-/m0/s1. The van der Waals surface area contributed by atoms with Crippen LogP contribution in [0.4, 0.5) is 0 Å². The molecule has 1 fully saturated rings. The Bertz CT molecular complexity index is 1330. The molecule has 0 aliphatic carbocycles. The third-order valence-corrected chi connectivity index (χ3v) is 8.08. The van der Waals surface area contributed by atoms with Crippen molar-refractivity contribution in [3.63, 3.8) is 0 Å². The third kappa shape index (κ3) is 4.14. The van der Waals surface area contributed by atoms with Crippen LogP contribution in [0.1, 0.15) is 31.0 Å². The lowest BCUT2D eigenvalue weighted by Gasteiger charge is -2.36. The summed E-state index contributed by atoms with van der Waals surface area (Å²) in [6.07, 6.45) is 6.12. The van der Waals surface area contributed by atoms with E-state index < -0.39 is 0 Å². The van der Waals surface area contributed by atoms with E-state index in [0.29, 0.717) is 23.8 Å². The topological polar surface area (TPSA) is 94.3 Å². The van der Waals surface area contributed by atoms with Gasteiger partial charge < -0.3 is 15.0 Å². The number of thioether (sulfide) groups is 1. The first-order valence-electron chi connectivity index (χ1n) is 12.0. The van der Waals surface area contributed by atoms with Gasteiger partial charge in [0, 0.05) is 37.5 Å². The first-order chi connectivity index (χ1) is 16.7. The molecule has 0 radical (unpaired) electrons. The van der Waals surface area contributed by atoms with Gasteiger partial charge in [-0.05, 0) is 44.5 Å². The smallest absolute Gasteiger partial charge is 0.270 e. The summed E-state index contributed by atoms with van der Waals surface area (Å²) in [5.41, 5.74) is 2.21. The molecule has 0 unspecified atom stereocenters. The van der Waals surface area contributed by atoms with Crippen molar-refractivity contribution in [3.8, 4) is 5.75 Å². The highest BCUT2D eigenvalue weighted by Crippen LogP contribution is 2.32. The SMILES string of the molecule is O=c1ccc2ncc(=O)n3c2n1CC[C@H]3CN1CCC(NCc2cc3c(cn2)OCCS3)CC1. The van der Waals surface area contributed by atoms with Crippen molar-refractivity contribution in [2.24, 2.45) is 0 Å². The second-order valence-corrected chi connectivity index (χ2v) is 10.4. The number of pyridine rings is 2. The number of rotatable bonds is 5. The van der Waals surface area contributed by atoms with Gasteiger partial charge >= 0.3 is 0 Å². The van der Waals surface area contributed by atoms with Crippen LogP contribution in [-0.4, -0.2) is 62.0 Å². The molecule has 1 saturated heterocycles. The molecule has 6 heterocycles. The molecule has 3 aromatic rings. The maximum atomic E-state index is 12.7. The number of nitrogens with zero attached hydrogens (tertiary/aromatic N) is 5. The number of aromatic nitrogens is 4. The molecule has 3 aliphatic heterocycles. The van der Waals surface area contributed by atoms with Crippen LogP contribution in [0.5, 0.6) is 5.75 Å². The molecule has 34 heavy (non-hydrogen) atoms. The van der Waals surface area contributed by atoms with Crippen LogP contribution in [0.2, 0.25) is 0 Å². The normalized spacial score (nSPS) is 20.8. The van der Waals surface area contributed by atoms with Gasteiger partial charge in [0.2, 0.25) is 0 Å². The monoisotopic (exact) mass is 480 g/mol. The van der Waals surface area contributed by atoms with E-state index in [1.165, 1.54) is 17.2 Å². The Morgan fingerprint density at radius 2 is 1.94 bits per heavy atom. The van der Waals surface area contributed by atoms with Crippen molar-refractivity contribution < 1.29 is 4.74 Å². The molecule has 0 aromatic carbocycles. The lowest BCUT2D eigenvalue weighted by molar-refractivity contribution is 0.163. The van der Waals surface area contributed by atoms with Gasteiger partial charge in [0.05, 0.1) is 35.6 Å². The van der Waals surface area contributed by atoms with Crippen LogP contribution in [0.3, 0.4) is 0 Å². The lowest BCUT2D eigenvalue weighted by atomic mass is 10.0. The predicted molar refractivity (Wildman–Crippen MR) is 131 cm³/mol. The minimum Gasteiger partial charge on any atom is -0.490 e. The predicted octanol–water partition coefficient (Wildman–Crippen LogP) is 1.64. The van der Waals surface area contributed by atoms with Gasteiger partial charge in [-0.15, -0.1) is 11.8 Å². The molecule has 3 aromatic heterocycles. The Morgan fingerprint density at radius 1 is 1.06 bits per heavy atom. The highest BCUT2D eigenvalue weighted by molar-refractivity contribution is 7.99. The minimum atomic E-state index is -0.130. The van der Waals surface area contributed by atoms with Gasteiger partial charge in [0.1, 0.15) is 11.2 Å². The molecule has 1 atom stereocenters. The molecular formula is C24H28N6O3S. The van der Waals surface area contributed by atoms with Crippen LogP contribution < -0.4 is 21.2 Å². The van der Waals surface area contributed by atoms with Crippen molar-refractivity contribution in [3.05, 3.63) is 57.0 Å². The zero-order valence-electron chi connectivity index (χ0n) is 19.0. The Labute approximate surface area is 201 Å². The van der Waals surface area contributed by atoms with Crippen LogP contribution in [-0.2, 0) is 13.1 Å². The quantitative estimate of drug-likeness (QED) is 0.589. The Hall–Kier alpha value is -2.69. The van der Waals surface area contributed by atoms with Gasteiger partial charge in [-0.1, -0.05) is 0 Å². The Morgan fingerprint density at radius 3 is 2.82 bits per heavy atom. The van der Waals surface area contributed by atoms with E-state index in [2.05, 4.69) is 26.3 Å². The van der Waals surface area contributed by atoms with E-state index in [-0.39, 0.29) is 17.2 Å². The van der Waals surface area contributed by atoms with Crippen molar-refractivity contribution in [2.75, 3.05) is 32.0 Å². The van der Waals surface area contributed by atoms with Crippen LogP contribution >= 0.6 is 11.8 Å². The molecule has 0 bridgehead atoms. The van der Waals surface area contributed by atoms with Crippen molar-refractivity contribution >= 4 is 22.9 Å². The first kappa shape index (κ1) is 21.8. The third-order valence-electron chi connectivity index (χ3n) is 7.08. The van der Waals surface area contributed by atoms with Gasteiger partial charge in [0.25, 0.3) is 11.1 Å². The maximum absolute atomic E-state index is 12.7. The number of hydrogen-bond acceptors (Lipinski definition) is 8. The molecule has 0 spiro atoms. The largest absolute Gasteiger partial charge is 0.490 e. The fourth-order valence-electron chi connectivity index (χ4n) is 5.30. The van der Waals surface area contributed by atoms with Crippen LogP contribution in [0.15, 0.2) is 45.1 Å². The summed E-state index contributed by atoms with van der Waals surface area (Å²) in [7, 11) is 0. The average molecular weight is 481 g/mol. The van der Waals surface area contributed by atoms with Crippen molar-refractivity contribution in [2.45, 2.75) is 49.3 Å². The summed E-state index contributed by atoms with van der Waals surface area (Å²) in [6.45, 7) is 4.93. The molecule has 0 saturated carbocycles. The second-order valence-electron chi connectivity index (χ2n) is 9.22. The summed E-state index contributed by atoms with van der Waals surface area (Å²) < 4.78 is 9.13. The highest BCUT2D eigenvalue weighted by atomic mass is 32.2. The van der Waals surface area contributed by atoms with Crippen molar-refractivity contribution in [1.29, 1.82) is 0 Å². The second kappa shape index (κ2) is 9.16. The number of fused-ring (bicyclic) bond motifs is 1. The van der Waals surface area contributed by atoms with E-state index in [0.717, 1.165) is 69.2 Å². The number of likely N-dealkylation sites (tertiary alicyclic amines) is 1. The van der Waals surface area contributed by atoms with Crippen molar-refractivity contribution in [1.82, 2.24) is 29.3 Å². The summed E-state index contributed by atoms with van der Waals surface area (Å²) in [5.74, 6) is 1.89. The molecule has 178 valence electrons. The molecule has 1 N–H and O–H groups in total. The number of nitrogens with one attached hydrogen (secondary N) is 1. The lowest BCUT2D eigenvalue weighted by Crippen LogP contribution is -2.46. The number of aryl methyl sites for hydroxylation is 1. The molecule has 6 rings (SSSR count). The summed E-state index contributed by atoms with van der Waals surface area (Å²) >= 11 is 1.83. The van der Waals surface area contributed by atoms with E-state index in [9.17, 15) is 9.59 Å². The average Bonchev–Trinajstić information content (AvgIpc) is 2.87. The zero-order chi connectivity index (χ0) is 23.1. The molecule has 10 heteroatoms. The number of piperidine rings is 1. The van der Waals surface area contributed by atoms with E-state index in [1.807, 2.05) is 18.0 Å². The summed E-state index contributed by atoms with van der Waals surface area (Å²) in [5, 5.41) is 3.67. The van der Waals surface area contributed by atoms with Gasteiger partial charge in [-0.25, -0.2) is 4.98 Å².